The monoisotopic (exact) mass is 238 g/mol. The van der Waals surface area contributed by atoms with Gasteiger partial charge in [0, 0.05) is 19.7 Å². The van der Waals surface area contributed by atoms with Crippen LogP contribution in [0, 0.1) is 0 Å². The smallest absolute Gasteiger partial charge is 0.245 e. The first-order chi connectivity index (χ1) is 8.25. The third kappa shape index (κ3) is 1.92. The predicted molar refractivity (Wildman–Crippen MR) is 60.3 cm³/mol. The number of piperazine rings is 1. The molecule has 94 valence electrons. The zero-order valence-corrected chi connectivity index (χ0v) is 9.93. The van der Waals surface area contributed by atoms with Gasteiger partial charge in [-0.2, -0.15) is 0 Å². The molecule has 3 heterocycles. The minimum Gasteiger partial charge on any atom is -0.376 e. The standard InChI is InChI=1S/C12H18N2O3/c15-11-8-13(7-9-3-2-6-17-9)12(16)10-4-1-5-14(10)11/h9-10H,1-8H2. The Balaban J connectivity index is 1.68. The van der Waals surface area contributed by atoms with Crippen LogP contribution in [0.2, 0.25) is 0 Å². The average Bonchev–Trinajstić information content (AvgIpc) is 2.96. The maximum absolute atomic E-state index is 12.2. The summed E-state index contributed by atoms with van der Waals surface area (Å²) in [6.07, 6.45) is 3.99. The lowest BCUT2D eigenvalue weighted by Gasteiger charge is -2.37. The number of hydrogen-bond donors (Lipinski definition) is 0. The molecule has 0 spiro atoms. The van der Waals surface area contributed by atoms with Gasteiger partial charge in [-0.1, -0.05) is 0 Å². The molecule has 2 unspecified atom stereocenters. The van der Waals surface area contributed by atoms with E-state index in [0.717, 1.165) is 38.8 Å². The van der Waals surface area contributed by atoms with Crippen LogP contribution in [0.25, 0.3) is 0 Å². The van der Waals surface area contributed by atoms with E-state index in [1.54, 1.807) is 9.80 Å². The summed E-state index contributed by atoms with van der Waals surface area (Å²) >= 11 is 0. The van der Waals surface area contributed by atoms with Crippen LogP contribution in [0.15, 0.2) is 0 Å². The molecular formula is C12H18N2O3. The molecule has 0 aromatic heterocycles. The zero-order valence-electron chi connectivity index (χ0n) is 9.93. The van der Waals surface area contributed by atoms with Crippen molar-refractivity contribution >= 4 is 11.8 Å². The van der Waals surface area contributed by atoms with Crippen molar-refractivity contribution in [2.24, 2.45) is 0 Å². The van der Waals surface area contributed by atoms with Gasteiger partial charge in [-0.3, -0.25) is 9.59 Å². The number of carbonyl (C=O) groups is 2. The molecule has 0 bridgehead atoms. The van der Waals surface area contributed by atoms with Crippen LogP contribution in [-0.2, 0) is 14.3 Å². The Morgan fingerprint density at radius 2 is 2.12 bits per heavy atom. The Labute approximate surface area is 101 Å². The highest BCUT2D eigenvalue weighted by Crippen LogP contribution is 2.24. The van der Waals surface area contributed by atoms with Crippen LogP contribution in [0.1, 0.15) is 25.7 Å². The number of fused-ring (bicyclic) bond motifs is 1. The van der Waals surface area contributed by atoms with Crippen LogP contribution in [0.5, 0.6) is 0 Å². The Kier molecular flexibility index (Phi) is 2.78. The van der Waals surface area contributed by atoms with E-state index in [2.05, 4.69) is 0 Å². The molecular weight excluding hydrogens is 220 g/mol. The summed E-state index contributed by atoms with van der Waals surface area (Å²) in [5.74, 6) is 0.225. The fraction of sp³-hybridized carbons (Fsp3) is 0.833. The van der Waals surface area contributed by atoms with Crippen LogP contribution < -0.4 is 0 Å². The largest absolute Gasteiger partial charge is 0.376 e. The normalized spacial score (nSPS) is 33.4. The van der Waals surface area contributed by atoms with Gasteiger partial charge in [0.15, 0.2) is 0 Å². The highest BCUT2D eigenvalue weighted by Gasteiger charge is 2.42. The SMILES string of the molecule is O=C1C2CCCN2C(=O)CN1CC1CCCO1. The third-order valence-electron chi connectivity index (χ3n) is 3.94. The van der Waals surface area contributed by atoms with Gasteiger partial charge in [-0.25, -0.2) is 0 Å². The molecule has 2 amide bonds. The second-order valence-electron chi connectivity index (χ2n) is 5.10. The molecule has 0 radical (unpaired) electrons. The molecule has 0 N–H and O–H groups in total. The van der Waals surface area contributed by atoms with Gasteiger partial charge < -0.3 is 14.5 Å². The maximum Gasteiger partial charge on any atom is 0.245 e. The summed E-state index contributed by atoms with van der Waals surface area (Å²) in [7, 11) is 0. The quantitative estimate of drug-likeness (QED) is 0.680. The average molecular weight is 238 g/mol. The lowest BCUT2D eigenvalue weighted by Crippen LogP contribution is -2.58. The number of ether oxygens (including phenoxy) is 1. The van der Waals surface area contributed by atoms with Gasteiger partial charge in [0.25, 0.3) is 0 Å². The molecule has 2 atom stereocenters. The first-order valence-corrected chi connectivity index (χ1v) is 6.45. The van der Waals surface area contributed by atoms with Crippen molar-refractivity contribution in [2.75, 3.05) is 26.2 Å². The summed E-state index contributed by atoms with van der Waals surface area (Å²) in [5.41, 5.74) is 0. The van der Waals surface area contributed by atoms with E-state index in [1.807, 2.05) is 0 Å². The summed E-state index contributed by atoms with van der Waals surface area (Å²) in [6.45, 7) is 2.38. The fourth-order valence-corrected chi connectivity index (χ4v) is 3.05. The fourth-order valence-electron chi connectivity index (χ4n) is 3.05. The third-order valence-corrected chi connectivity index (χ3v) is 3.94. The van der Waals surface area contributed by atoms with Gasteiger partial charge in [0.1, 0.15) is 6.04 Å². The summed E-state index contributed by atoms with van der Waals surface area (Å²) in [5, 5.41) is 0. The number of carbonyl (C=O) groups excluding carboxylic acids is 2. The van der Waals surface area contributed by atoms with E-state index in [0.29, 0.717) is 6.54 Å². The highest BCUT2D eigenvalue weighted by molar-refractivity contribution is 5.95. The second kappa shape index (κ2) is 4.29. The topological polar surface area (TPSA) is 49.9 Å². The van der Waals surface area contributed by atoms with E-state index < -0.39 is 0 Å². The molecule has 0 aromatic carbocycles. The number of rotatable bonds is 2. The summed E-state index contributed by atoms with van der Waals surface area (Å²) in [4.78, 5) is 27.6. The van der Waals surface area contributed by atoms with Crippen LogP contribution in [0.3, 0.4) is 0 Å². The molecule has 3 saturated heterocycles. The van der Waals surface area contributed by atoms with Gasteiger partial charge >= 0.3 is 0 Å². The number of hydrogen-bond acceptors (Lipinski definition) is 3. The van der Waals surface area contributed by atoms with Crippen LogP contribution in [-0.4, -0.2) is 60.0 Å². The second-order valence-corrected chi connectivity index (χ2v) is 5.10. The molecule has 5 heteroatoms. The van der Waals surface area contributed by atoms with Crippen molar-refractivity contribution < 1.29 is 14.3 Å². The summed E-state index contributed by atoms with van der Waals surface area (Å²) < 4.78 is 5.53. The van der Waals surface area contributed by atoms with Crippen molar-refractivity contribution in [1.29, 1.82) is 0 Å². The Morgan fingerprint density at radius 3 is 2.88 bits per heavy atom. The number of nitrogens with zero attached hydrogens (tertiary/aromatic N) is 2. The molecule has 0 aliphatic carbocycles. The maximum atomic E-state index is 12.2. The minimum absolute atomic E-state index is 0.102. The first-order valence-electron chi connectivity index (χ1n) is 6.45. The zero-order chi connectivity index (χ0) is 11.8. The molecule has 3 aliphatic heterocycles. The molecule has 5 nitrogen and oxygen atoms in total. The number of amides is 2. The van der Waals surface area contributed by atoms with Crippen LogP contribution in [0.4, 0.5) is 0 Å². The summed E-state index contributed by atoms with van der Waals surface area (Å²) in [6, 6.07) is -0.183. The first kappa shape index (κ1) is 11.0. The van der Waals surface area contributed by atoms with Gasteiger partial charge in [0.2, 0.25) is 11.8 Å². The van der Waals surface area contributed by atoms with Gasteiger partial charge in [-0.15, -0.1) is 0 Å². The van der Waals surface area contributed by atoms with E-state index in [4.69, 9.17) is 4.74 Å². The van der Waals surface area contributed by atoms with Gasteiger partial charge in [0.05, 0.1) is 12.6 Å². The van der Waals surface area contributed by atoms with Crippen molar-refractivity contribution in [3.63, 3.8) is 0 Å². The van der Waals surface area contributed by atoms with E-state index in [1.165, 1.54) is 0 Å². The van der Waals surface area contributed by atoms with Crippen molar-refractivity contribution in [2.45, 2.75) is 37.8 Å². The Morgan fingerprint density at radius 1 is 1.24 bits per heavy atom. The molecule has 0 saturated carbocycles. The van der Waals surface area contributed by atoms with Crippen molar-refractivity contribution in [1.82, 2.24) is 9.80 Å². The molecule has 0 aromatic rings. The Hall–Kier alpha value is -1.10. The van der Waals surface area contributed by atoms with Gasteiger partial charge in [-0.05, 0) is 25.7 Å². The molecule has 3 rings (SSSR count). The van der Waals surface area contributed by atoms with E-state index >= 15 is 0 Å². The minimum atomic E-state index is -0.183. The highest BCUT2D eigenvalue weighted by atomic mass is 16.5. The predicted octanol–water partition coefficient (Wildman–Crippen LogP) is -0.00140. The van der Waals surface area contributed by atoms with Crippen molar-refractivity contribution in [3.8, 4) is 0 Å². The van der Waals surface area contributed by atoms with Crippen molar-refractivity contribution in [3.05, 3.63) is 0 Å². The van der Waals surface area contributed by atoms with E-state index in [-0.39, 0.29) is 30.5 Å². The molecule has 17 heavy (non-hydrogen) atoms. The Bertz CT molecular complexity index is 339. The van der Waals surface area contributed by atoms with E-state index in [9.17, 15) is 9.59 Å². The molecule has 3 aliphatic rings. The lowest BCUT2D eigenvalue weighted by atomic mass is 10.1. The molecule has 3 fully saturated rings. The lowest BCUT2D eigenvalue weighted by molar-refractivity contribution is -0.154. The van der Waals surface area contributed by atoms with Crippen LogP contribution >= 0.6 is 0 Å².